The van der Waals surface area contributed by atoms with Crippen LogP contribution in [0.2, 0.25) is 0 Å². The van der Waals surface area contributed by atoms with Crippen LogP contribution in [-0.2, 0) is 13.1 Å². The summed E-state index contributed by atoms with van der Waals surface area (Å²) >= 11 is 3.40. The van der Waals surface area contributed by atoms with E-state index in [0.29, 0.717) is 0 Å². The number of benzene rings is 1. The molecule has 0 bridgehead atoms. The number of nitrogens with two attached hydrogens (primary N) is 1. The van der Waals surface area contributed by atoms with Gasteiger partial charge in [0.15, 0.2) is 0 Å². The average molecular weight is 213 g/mol. The summed E-state index contributed by atoms with van der Waals surface area (Å²) in [6.07, 6.45) is 0. The van der Waals surface area contributed by atoms with Gasteiger partial charge in [0.05, 0.1) is 0 Å². The van der Waals surface area contributed by atoms with E-state index in [1.807, 2.05) is 6.07 Å². The van der Waals surface area contributed by atoms with Crippen molar-refractivity contribution in [1.29, 1.82) is 0 Å². The van der Waals surface area contributed by atoms with Crippen LogP contribution in [0.1, 0.15) is 11.1 Å². The number of anilines is 1. The largest absolute Gasteiger partial charge is 0.398 e. The van der Waals surface area contributed by atoms with Crippen LogP contribution in [0.5, 0.6) is 0 Å². The number of rotatable bonds is 0. The summed E-state index contributed by atoms with van der Waals surface area (Å²) < 4.78 is 1.000. The Bertz CT molecular complexity index is 267. The Balaban J connectivity index is 2.57. The fourth-order valence-electron chi connectivity index (χ4n) is 1.34. The van der Waals surface area contributed by atoms with Gasteiger partial charge in [0.25, 0.3) is 0 Å². The summed E-state index contributed by atoms with van der Waals surface area (Å²) in [6, 6.07) is 4.12. The van der Waals surface area contributed by atoms with Gasteiger partial charge in [-0.15, -0.1) is 0 Å². The third-order valence-electron chi connectivity index (χ3n) is 1.95. The highest BCUT2D eigenvalue weighted by molar-refractivity contribution is 9.10. The van der Waals surface area contributed by atoms with Gasteiger partial charge in [0.1, 0.15) is 0 Å². The lowest BCUT2D eigenvalue weighted by molar-refractivity contribution is 0.765. The van der Waals surface area contributed by atoms with Gasteiger partial charge in [-0.05, 0) is 39.2 Å². The second-order valence-corrected chi connectivity index (χ2v) is 3.60. The lowest BCUT2D eigenvalue weighted by Crippen LogP contribution is -1.99. The molecule has 2 rings (SSSR count). The van der Waals surface area contributed by atoms with E-state index in [2.05, 4.69) is 27.3 Å². The van der Waals surface area contributed by atoms with E-state index >= 15 is 0 Å². The van der Waals surface area contributed by atoms with Gasteiger partial charge in [-0.1, -0.05) is 0 Å². The maximum absolute atomic E-state index is 5.72. The van der Waals surface area contributed by atoms with Crippen LogP contribution in [0.15, 0.2) is 16.6 Å². The summed E-state index contributed by atoms with van der Waals surface area (Å²) in [5.41, 5.74) is 9.22. The van der Waals surface area contributed by atoms with Gasteiger partial charge in [-0.2, -0.15) is 0 Å². The lowest BCUT2D eigenvalue weighted by Gasteiger charge is -2.01. The molecule has 1 aliphatic rings. The molecule has 2 nitrogen and oxygen atoms in total. The summed E-state index contributed by atoms with van der Waals surface area (Å²) in [7, 11) is 0. The minimum Gasteiger partial charge on any atom is -0.398 e. The predicted octanol–water partition coefficient (Wildman–Crippen LogP) is 1.63. The molecular weight excluding hydrogens is 204 g/mol. The van der Waals surface area contributed by atoms with Crippen LogP contribution >= 0.6 is 15.9 Å². The highest BCUT2D eigenvalue weighted by Gasteiger charge is 2.11. The molecule has 0 amide bonds. The van der Waals surface area contributed by atoms with Crippen molar-refractivity contribution in [3.63, 3.8) is 0 Å². The molecule has 1 aromatic rings. The van der Waals surface area contributed by atoms with Crippen LogP contribution in [0.4, 0.5) is 5.69 Å². The number of hydrogen-bond donors (Lipinski definition) is 2. The normalized spacial score (nSPS) is 15.0. The molecular formula is C8H9BrN2. The zero-order valence-electron chi connectivity index (χ0n) is 6.02. The fraction of sp³-hybridized carbons (Fsp3) is 0.250. The third kappa shape index (κ3) is 1.14. The quantitative estimate of drug-likeness (QED) is 0.643. The fourth-order valence-corrected chi connectivity index (χ4v) is 1.73. The molecule has 1 aliphatic heterocycles. The Labute approximate surface area is 73.9 Å². The molecule has 3 N–H and O–H groups in total. The van der Waals surface area contributed by atoms with Crippen LogP contribution in [0, 0.1) is 0 Å². The average Bonchev–Trinajstić information content (AvgIpc) is 2.36. The molecule has 0 fully saturated rings. The number of nitrogen functional groups attached to an aromatic ring is 1. The summed E-state index contributed by atoms with van der Waals surface area (Å²) in [5, 5.41) is 3.27. The van der Waals surface area contributed by atoms with Crippen LogP contribution < -0.4 is 11.1 Å². The molecule has 0 saturated heterocycles. The first-order chi connectivity index (χ1) is 5.27. The van der Waals surface area contributed by atoms with Crippen LogP contribution in [0.25, 0.3) is 0 Å². The molecule has 0 aliphatic carbocycles. The third-order valence-corrected chi connectivity index (χ3v) is 2.64. The van der Waals surface area contributed by atoms with Crippen molar-refractivity contribution in [1.82, 2.24) is 5.32 Å². The van der Waals surface area contributed by atoms with Crippen molar-refractivity contribution in [2.24, 2.45) is 0 Å². The van der Waals surface area contributed by atoms with Gasteiger partial charge in [0.2, 0.25) is 0 Å². The van der Waals surface area contributed by atoms with Crippen molar-refractivity contribution < 1.29 is 0 Å². The first-order valence-corrected chi connectivity index (χ1v) is 4.34. The zero-order valence-corrected chi connectivity index (χ0v) is 7.61. The first-order valence-electron chi connectivity index (χ1n) is 3.55. The van der Waals surface area contributed by atoms with Gasteiger partial charge in [-0.3, -0.25) is 0 Å². The topological polar surface area (TPSA) is 38.0 Å². The molecule has 0 radical (unpaired) electrons. The molecule has 58 valence electrons. The monoisotopic (exact) mass is 212 g/mol. The van der Waals surface area contributed by atoms with Crippen molar-refractivity contribution in [2.45, 2.75) is 13.1 Å². The van der Waals surface area contributed by atoms with Crippen molar-refractivity contribution in [2.75, 3.05) is 5.73 Å². The van der Waals surface area contributed by atoms with Crippen molar-refractivity contribution >= 4 is 21.6 Å². The molecule has 0 spiro atoms. The Morgan fingerprint density at radius 3 is 2.64 bits per heavy atom. The lowest BCUT2D eigenvalue weighted by atomic mass is 10.1. The molecule has 3 heteroatoms. The maximum Gasteiger partial charge on any atom is 0.0461 e. The molecule has 0 atom stereocenters. The van der Waals surface area contributed by atoms with E-state index in [1.54, 1.807) is 0 Å². The highest BCUT2D eigenvalue weighted by atomic mass is 79.9. The molecule has 1 aromatic carbocycles. The Morgan fingerprint density at radius 1 is 1.27 bits per heavy atom. The van der Waals surface area contributed by atoms with Crippen LogP contribution in [0.3, 0.4) is 0 Å². The Hall–Kier alpha value is -0.540. The van der Waals surface area contributed by atoms with Gasteiger partial charge >= 0.3 is 0 Å². The number of nitrogens with one attached hydrogen (secondary N) is 1. The number of halogens is 1. The molecule has 0 aromatic heterocycles. The minimum absolute atomic E-state index is 0.826. The van der Waals surface area contributed by atoms with Crippen molar-refractivity contribution in [3.05, 3.63) is 27.7 Å². The van der Waals surface area contributed by atoms with E-state index in [9.17, 15) is 0 Å². The van der Waals surface area contributed by atoms with E-state index in [4.69, 9.17) is 5.73 Å². The van der Waals surface area contributed by atoms with Gasteiger partial charge in [0, 0.05) is 23.2 Å². The molecule has 11 heavy (non-hydrogen) atoms. The standard InChI is InChI=1S/C8H9BrN2/c9-7-1-5-3-11-4-6(5)2-8(7)10/h1-2,11H,3-4,10H2. The summed E-state index contributed by atoms with van der Waals surface area (Å²) in [6.45, 7) is 1.92. The minimum atomic E-state index is 0.826. The molecule has 0 unspecified atom stereocenters. The van der Waals surface area contributed by atoms with Gasteiger partial charge < -0.3 is 11.1 Å². The molecule has 1 heterocycles. The first kappa shape index (κ1) is 7.13. The molecule has 0 saturated carbocycles. The highest BCUT2D eigenvalue weighted by Crippen LogP contribution is 2.26. The predicted molar refractivity (Wildman–Crippen MR) is 49.1 cm³/mol. The van der Waals surface area contributed by atoms with E-state index in [0.717, 1.165) is 23.2 Å². The van der Waals surface area contributed by atoms with E-state index in [-0.39, 0.29) is 0 Å². The second kappa shape index (κ2) is 2.50. The second-order valence-electron chi connectivity index (χ2n) is 2.75. The zero-order chi connectivity index (χ0) is 7.84. The Morgan fingerprint density at radius 2 is 1.91 bits per heavy atom. The smallest absolute Gasteiger partial charge is 0.0461 e. The van der Waals surface area contributed by atoms with Crippen molar-refractivity contribution in [3.8, 4) is 0 Å². The van der Waals surface area contributed by atoms with Crippen LogP contribution in [-0.4, -0.2) is 0 Å². The summed E-state index contributed by atoms with van der Waals surface area (Å²) in [5.74, 6) is 0. The van der Waals surface area contributed by atoms with E-state index < -0.39 is 0 Å². The Kier molecular flexibility index (Phi) is 1.62. The SMILES string of the molecule is Nc1cc2c(cc1Br)CNC2. The summed E-state index contributed by atoms with van der Waals surface area (Å²) in [4.78, 5) is 0. The number of fused-ring (bicyclic) bond motifs is 1. The van der Waals surface area contributed by atoms with Gasteiger partial charge in [-0.25, -0.2) is 0 Å². The maximum atomic E-state index is 5.72. The van der Waals surface area contributed by atoms with E-state index in [1.165, 1.54) is 11.1 Å². The number of hydrogen-bond acceptors (Lipinski definition) is 2.